The highest BCUT2D eigenvalue weighted by atomic mass is 16.5. The number of hydrogen-bond donors (Lipinski definition) is 2. The first kappa shape index (κ1) is 22.4. The number of nitrogens with one attached hydrogen (secondary N) is 1. The van der Waals surface area contributed by atoms with Gasteiger partial charge in [0.1, 0.15) is 11.5 Å². The van der Waals surface area contributed by atoms with Crippen LogP contribution >= 0.6 is 0 Å². The zero-order valence-corrected chi connectivity index (χ0v) is 18.8. The molecule has 164 valence electrons. The quantitative estimate of drug-likeness (QED) is 0.532. The van der Waals surface area contributed by atoms with Gasteiger partial charge >= 0.3 is 5.97 Å². The molecule has 3 rings (SSSR count). The average molecular weight is 423 g/mol. The van der Waals surface area contributed by atoms with Crippen LogP contribution in [0.4, 0.5) is 0 Å². The predicted molar refractivity (Wildman–Crippen MR) is 121 cm³/mol. The van der Waals surface area contributed by atoms with Crippen molar-refractivity contribution in [2.24, 2.45) is 0 Å². The van der Waals surface area contributed by atoms with Crippen LogP contribution in [0.1, 0.15) is 44.0 Å². The minimum absolute atomic E-state index is 0.375. The number of carboxylic acids is 1. The smallest absolute Gasteiger partial charge is 0.337 e. The molecule has 0 aliphatic rings. The fourth-order valence-corrected chi connectivity index (χ4v) is 3.96. The van der Waals surface area contributed by atoms with Crippen LogP contribution in [0, 0.1) is 20.8 Å². The Hall–Kier alpha value is -3.25. The van der Waals surface area contributed by atoms with E-state index in [0.29, 0.717) is 25.2 Å². The summed E-state index contributed by atoms with van der Waals surface area (Å²) in [5.74, 6) is 0.562. The minimum Gasteiger partial charge on any atom is -0.497 e. The molecule has 0 bridgehead atoms. The fourth-order valence-electron chi connectivity index (χ4n) is 3.96. The van der Waals surface area contributed by atoms with E-state index in [1.807, 2.05) is 44.2 Å². The molecule has 31 heavy (non-hydrogen) atoms. The molecule has 0 atom stereocenters. The van der Waals surface area contributed by atoms with Crippen molar-refractivity contribution >= 4 is 5.97 Å². The van der Waals surface area contributed by atoms with Gasteiger partial charge in [-0.2, -0.15) is 0 Å². The summed E-state index contributed by atoms with van der Waals surface area (Å²) in [7, 11) is 3.24. The Bertz CT molecular complexity index is 1090. The van der Waals surface area contributed by atoms with Crippen LogP contribution in [0.3, 0.4) is 0 Å². The van der Waals surface area contributed by atoms with Crippen molar-refractivity contribution < 1.29 is 19.4 Å². The Labute approximate surface area is 183 Å². The second-order valence-corrected chi connectivity index (χ2v) is 7.62. The van der Waals surface area contributed by atoms with Gasteiger partial charge in [0.25, 0.3) is 0 Å². The summed E-state index contributed by atoms with van der Waals surface area (Å²) >= 11 is 0. The Morgan fingerprint density at radius 2 is 1.71 bits per heavy atom. The zero-order valence-electron chi connectivity index (χ0n) is 18.8. The van der Waals surface area contributed by atoms with Crippen LogP contribution in [-0.2, 0) is 19.6 Å². The SMILES string of the molecule is COc1ccc(CNCc2c(C(=O)O)c(C)n(Cc3ccccc3C)c2C)c(OC)c1. The molecule has 0 unspecified atom stereocenters. The van der Waals surface area contributed by atoms with E-state index in [0.717, 1.165) is 34.0 Å². The molecule has 3 aromatic rings. The Morgan fingerprint density at radius 1 is 0.968 bits per heavy atom. The molecule has 1 heterocycles. The molecule has 6 heteroatoms. The number of ether oxygens (including phenoxy) is 2. The number of rotatable bonds is 9. The molecule has 0 aliphatic carbocycles. The van der Waals surface area contributed by atoms with E-state index in [-0.39, 0.29) is 0 Å². The molecule has 0 fully saturated rings. The van der Waals surface area contributed by atoms with E-state index < -0.39 is 5.97 Å². The van der Waals surface area contributed by atoms with Crippen molar-refractivity contribution in [3.05, 3.63) is 81.7 Å². The Balaban J connectivity index is 1.84. The number of methoxy groups -OCH3 is 2. The third-order valence-corrected chi connectivity index (χ3v) is 5.83. The van der Waals surface area contributed by atoms with Gasteiger partial charge in [-0.25, -0.2) is 4.79 Å². The highest BCUT2D eigenvalue weighted by molar-refractivity contribution is 5.91. The monoisotopic (exact) mass is 422 g/mol. The van der Waals surface area contributed by atoms with Crippen LogP contribution in [-0.4, -0.2) is 29.9 Å². The molecular weight excluding hydrogens is 392 g/mol. The van der Waals surface area contributed by atoms with Gasteiger partial charge in [0.2, 0.25) is 0 Å². The number of carboxylic acid groups (broad SMARTS) is 1. The van der Waals surface area contributed by atoms with E-state index >= 15 is 0 Å². The summed E-state index contributed by atoms with van der Waals surface area (Å²) in [4.78, 5) is 12.1. The second-order valence-electron chi connectivity index (χ2n) is 7.62. The summed E-state index contributed by atoms with van der Waals surface area (Å²) in [5, 5.41) is 13.3. The number of aromatic nitrogens is 1. The van der Waals surface area contributed by atoms with E-state index in [4.69, 9.17) is 9.47 Å². The van der Waals surface area contributed by atoms with E-state index in [1.165, 1.54) is 11.1 Å². The molecule has 0 saturated carbocycles. The molecule has 2 N–H and O–H groups in total. The number of carbonyl (C=O) groups is 1. The molecular formula is C25H30N2O4. The van der Waals surface area contributed by atoms with Crippen molar-refractivity contribution in [3.63, 3.8) is 0 Å². The summed E-state index contributed by atoms with van der Waals surface area (Å²) in [6.45, 7) is 7.59. The second kappa shape index (κ2) is 9.71. The molecule has 0 saturated heterocycles. The maximum Gasteiger partial charge on any atom is 0.337 e. The molecule has 0 spiro atoms. The summed E-state index contributed by atoms with van der Waals surface area (Å²) in [6.07, 6.45) is 0. The van der Waals surface area contributed by atoms with Crippen molar-refractivity contribution in [1.29, 1.82) is 0 Å². The average Bonchev–Trinajstić information content (AvgIpc) is 2.99. The van der Waals surface area contributed by atoms with Gasteiger partial charge in [-0.15, -0.1) is 0 Å². The normalized spacial score (nSPS) is 10.9. The first-order chi connectivity index (χ1) is 14.9. The van der Waals surface area contributed by atoms with Gasteiger partial charge in [-0.05, 0) is 38.0 Å². The van der Waals surface area contributed by atoms with Gasteiger partial charge in [0, 0.05) is 48.2 Å². The lowest BCUT2D eigenvalue weighted by atomic mass is 10.1. The van der Waals surface area contributed by atoms with Crippen molar-refractivity contribution in [1.82, 2.24) is 9.88 Å². The molecule has 0 amide bonds. The maximum absolute atomic E-state index is 12.1. The van der Waals surface area contributed by atoms with Gasteiger partial charge in [-0.3, -0.25) is 0 Å². The lowest BCUT2D eigenvalue weighted by Crippen LogP contribution is -2.16. The third-order valence-electron chi connectivity index (χ3n) is 5.83. The van der Waals surface area contributed by atoms with Crippen LogP contribution < -0.4 is 14.8 Å². The zero-order chi connectivity index (χ0) is 22.5. The number of nitrogens with zero attached hydrogens (tertiary/aromatic N) is 1. The minimum atomic E-state index is -0.900. The number of aromatic carboxylic acids is 1. The van der Waals surface area contributed by atoms with Crippen molar-refractivity contribution in [3.8, 4) is 11.5 Å². The standard InChI is InChI=1S/C25H30N2O4/c1-16-8-6-7-9-20(16)15-27-17(2)22(24(18(27)3)25(28)29)14-26-13-19-10-11-21(30-4)12-23(19)31-5/h6-12,26H,13-15H2,1-5H3,(H,28,29). The Kier molecular flexibility index (Phi) is 7.02. The van der Waals surface area contributed by atoms with Gasteiger partial charge in [-0.1, -0.05) is 30.3 Å². The molecule has 0 radical (unpaired) electrons. The van der Waals surface area contributed by atoms with Gasteiger partial charge < -0.3 is 24.5 Å². The predicted octanol–water partition coefficient (Wildman–Crippen LogP) is 4.47. The first-order valence-electron chi connectivity index (χ1n) is 10.2. The first-order valence-corrected chi connectivity index (χ1v) is 10.2. The number of benzene rings is 2. The van der Waals surface area contributed by atoms with Gasteiger partial charge in [0.05, 0.1) is 19.8 Å². The fraction of sp³-hybridized carbons (Fsp3) is 0.320. The summed E-state index contributed by atoms with van der Waals surface area (Å²) in [6, 6.07) is 13.9. The maximum atomic E-state index is 12.1. The lowest BCUT2D eigenvalue weighted by molar-refractivity contribution is 0.0694. The number of hydrogen-bond acceptors (Lipinski definition) is 4. The van der Waals surface area contributed by atoms with E-state index in [2.05, 4.69) is 28.9 Å². The molecule has 6 nitrogen and oxygen atoms in total. The van der Waals surface area contributed by atoms with E-state index in [1.54, 1.807) is 14.2 Å². The van der Waals surface area contributed by atoms with Crippen LogP contribution in [0.15, 0.2) is 42.5 Å². The molecule has 2 aromatic carbocycles. The molecule has 1 aromatic heterocycles. The van der Waals surface area contributed by atoms with Gasteiger partial charge in [0.15, 0.2) is 0 Å². The summed E-state index contributed by atoms with van der Waals surface area (Å²) in [5.41, 5.74) is 6.28. The van der Waals surface area contributed by atoms with Crippen LogP contribution in [0.2, 0.25) is 0 Å². The van der Waals surface area contributed by atoms with Crippen molar-refractivity contribution in [2.75, 3.05) is 14.2 Å². The molecule has 0 aliphatic heterocycles. The highest BCUT2D eigenvalue weighted by Gasteiger charge is 2.22. The lowest BCUT2D eigenvalue weighted by Gasteiger charge is -2.13. The summed E-state index contributed by atoms with van der Waals surface area (Å²) < 4.78 is 12.8. The largest absolute Gasteiger partial charge is 0.497 e. The van der Waals surface area contributed by atoms with Crippen molar-refractivity contribution in [2.45, 2.75) is 40.4 Å². The van der Waals surface area contributed by atoms with Crippen LogP contribution in [0.5, 0.6) is 11.5 Å². The topological polar surface area (TPSA) is 72.7 Å². The van der Waals surface area contributed by atoms with E-state index in [9.17, 15) is 9.90 Å². The Morgan fingerprint density at radius 3 is 2.35 bits per heavy atom. The number of aryl methyl sites for hydroxylation is 1. The highest BCUT2D eigenvalue weighted by Crippen LogP contribution is 2.26. The third kappa shape index (κ3) is 4.75. The van der Waals surface area contributed by atoms with Crippen LogP contribution in [0.25, 0.3) is 0 Å².